The molecule has 0 saturated carbocycles. The highest BCUT2D eigenvalue weighted by atomic mass is 79.9. The zero-order valence-electron chi connectivity index (χ0n) is 4.43. The van der Waals surface area contributed by atoms with Crippen LogP contribution in [0.15, 0.2) is 16.6 Å². The van der Waals surface area contributed by atoms with Gasteiger partial charge in [0.05, 0.1) is 0 Å². The third-order valence-electron chi connectivity index (χ3n) is 0.868. The van der Waals surface area contributed by atoms with Gasteiger partial charge in [0, 0.05) is 10.5 Å². The lowest BCUT2D eigenvalue weighted by atomic mass is 10.3. The van der Waals surface area contributed by atoms with E-state index >= 15 is 0 Å². The van der Waals surface area contributed by atoms with Crippen LogP contribution < -0.4 is 0 Å². The van der Waals surface area contributed by atoms with Crippen molar-refractivity contribution >= 4 is 15.9 Å². The molecular formula is C6H4BrO2. The molecule has 0 unspecified atom stereocenters. The monoisotopic (exact) mass is 187 g/mol. The van der Waals surface area contributed by atoms with E-state index in [4.69, 9.17) is 10.2 Å². The zero-order chi connectivity index (χ0) is 6.85. The zero-order valence-corrected chi connectivity index (χ0v) is 6.01. The second-order valence-electron chi connectivity index (χ2n) is 1.54. The molecule has 0 spiro atoms. The minimum atomic E-state index is -0.232. The fourth-order valence-corrected chi connectivity index (χ4v) is 0.770. The lowest BCUT2D eigenvalue weighted by Crippen LogP contribution is -1.67. The minimum absolute atomic E-state index is 0.154. The molecule has 0 fully saturated rings. The fraction of sp³-hybridized carbons (Fsp3) is 0. The second kappa shape index (κ2) is 2.27. The summed E-state index contributed by atoms with van der Waals surface area (Å²) in [5, 5.41) is 17.5. The first-order chi connectivity index (χ1) is 4.20. The van der Waals surface area contributed by atoms with Gasteiger partial charge in [-0.05, 0) is 12.1 Å². The normalized spacial score (nSPS) is 9.44. The minimum Gasteiger partial charge on any atom is -0.504 e. The van der Waals surface area contributed by atoms with Crippen LogP contribution in [0.25, 0.3) is 0 Å². The molecule has 0 aromatic heterocycles. The van der Waals surface area contributed by atoms with Crippen LogP contribution in [0.3, 0.4) is 0 Å². The lowest BCUT2D eigenvalue weighted by Gasteiger charge is -1.93. The molecule has 0 amide bonds. The SMILES string of the molecule is Oc1[c]c(Br)ccc1O. The van der Waals surface area contributed by atoms with Crippen molar-refractivity contribution in [3.63, 3.8) is 0 Å². The van der Waals surface area contributed by atoms with Crippen molar-refractivity contribution in [3.05, 3.63) is 22.7 Å². The molecule has 0 aliphatic carbocycles. The van der Waals surface area contributed by atoms with Crippen molar-refractivity contribution in [2.45, 2.75) is 0 Å². The van der Waals surface area contributed by atoms with Gasteiger partial charge >= 0.3 is 0 Å². The van der Waals surface area contributed by atoms with E-state index in [0.29, 0.717) is 4.47 Å². The number of halogens is 1. The van der Waals surface area contributed by atoms with E-state index in [9.17, 15) is 0 Å². The molecule has 1 rings (SSSR count). The van der Waals surface area contributed by atoms with Crippen LogP contribution in [-0.4, -0.2) is 10.2 Å². The number of hydrogen-bond donors (Lipinski definition) is 2. The molecule has 47 valence electrons. The van der Waals surface area contributed by atoms with Gasteiger partial charge in [0.1, 0.15) is 0 Å². The Kier molecular flexibility index (Phi) is 1.62. The number of hydrogen-bond acceptors (Lipinski definition) is 2. The van der Waals surface area contributed by atoms with Crippen LogP contribution >= 0.6 is 15.9 Å². The molecular weight excluding hydrogens is 184 g/mol. The summed E-state index contributed by atoms with van der Waals surface area (Å²) in [6, 6.07) is 5.44. The van der Waals surface area contributed by atoms with Gasteiger partial charge in [0.15, 0.2) is 11.5 Å². The topological polar surface area (TPSA) is 40.5 Å². The maximum Gasteiger partial charge on any atom is 0.166 e. The summed E-state index contributed by atoms with van der Waals surface area (Å²) in [7, 11) is 0. The molecule has 1 aromatic rings. The molecule has 0 atom stereocenters. The van der Waals surface area contributed by atoms with Gasteiger partial charge < -0.3 is 10.2 Å². The summed E-state index contributed by atoms with van der Waals surface area (Å²) in [6.07, 6.45) is 0. The first-order valence-electron chi connectivity index (χ1n) is 2.30. The van der Waals surface area contributed by atoms with Gasteiger partial charge in [-0.15, -0.1) is 0 Å². The second-order valence-corrected chi connectivity index (χ2v) is 2.39. The Hall–Kier alpha value is -0.700. The summed E-state index contributed by atoms with van der Waals surface area (Å²) in [6.45, 7) is 0. The average molecular weight is 188 g/mol. The standard InChI is InChI=1S/C6H4BrO2/c7-4-1-2-5(8)6(9)3-4/h1-2,8-9H. The molecule has 2 nitrogen and oxygen atoms in total. The third kappa shape index (κ3) is 1.36. The smallest absolute Gasteiger partial charge is 0.166 e. The first kappa shape index (κ1) is 6.42. The van der Waals surface area contributed by atoms with E-state index in [0.717, 1.165) is 0 Å². The molecule has 3 heteroatoms. The summed E-state index contributed by atoms with van der Waals surface area (Å²) in [4.78, 5) is 0. The highest BCUT2D eigenvalue weighted by Crippen LogP contribution is 2.26. The Morgan fingerprint density at radius 3 is 2.44 bits per heavy atom. The van der Waals surface area contributed by atoms with E-state index < -0.39 is 0 Å². The largest absolute Gasteiger partial charge is 0.504 e. The maximum absolute atomic E-state index is 8.76. The number of aromatic hydroxyl groups is 2. The first-order valence-corrected chi connectivity index (χ1v) is 3.09. The number of rotatable bonds is 0. The number of phenols is 2. The van der Waals surface area contributed by atoms with Crippen molar-refractivity contribution in [1.82, 2.24) is 0 Å². The lowest BCUT2D eigenvalue weighted by molar-refractivity contribution is 0.402. The van der Waals surface area contributed by atoms with E-state index in [1.165, 1.54) is 6.07 Å². The average Bonchev–Trinajstić information content (AvgIpc) is 1.80. The van der Waals surface area contributed by atoms with Gasteiger partial charge in [-0.3, -0.25) is 0 Å². The van der Waals surface area contributed by atoms with Crippen LogP contribution in [0.4, 0.5) is 0 Å². The van der Waals surface area contributed by atoms with E-state index in [-0.39, 0.29) is 11.5 Å². The van der Waals surface area contributed by atoms with E-state index in [2.05, 4.69) is 22.0 Å². The van der Waals surface area contributed by atoms with E-state index in [1.54, 1.807) is 6.07 Å². The molecule has 1 aromatic carbocycles. The van der Waals surface area contributed by atoms with Gasteiger partial charge in [-0.2, -0.15) is 0 Å². The van der Waals surface area contributed by atoms with Crippen LogP contribution in [-0.2, 0) is 0 Å². The van der Waals surface area contributed by atoms with Crippen molar-refractivity contribution < 1.29 is 10.2 Å². The van der Waals surface area contributed by atoms with Crippen molar-refractivity contribution in [2.24, 2.45) is 0 Å². The summed E-state index contributed by atoms with van der Waals surface area (Å²) in [5.74, 6) is -0.387. The molecule has 0 saturated heterocycles. The van der Waals surface area contributed by atoms with Crippen molar-refractivity contribution in [3.8, 4) is 11.5 Å². The molecule has 0 aliphatic heterocycles. The van der Waals surface area contributed by atoms with Gasteiger partial charge in [0.25, 0.3) is 0 Å². The van der Waals surface area contributed by atoms with Crippen LogP contribution in [0.5, 0.6) is 11.5 Å². The van der Waals surface area contributed by atoms with Crippen LogP contribution in [0.2, 0.25) is 0 Å². The Balaban J connectivity index is 3.17. The third-order valence-corrected chi connectivity index (χ3v) is 1.33. The Morgan fingerprint density at radius 2 is 2.00 bits per heavy atom. The number of benzene rings is 1. The Labute approximate surface area is 60.9 Å². The highest BCUT2D eigenvalue weighted by molar-refractivity contribution is 9.10. The van der Waals surface area contributed by atoms with Crippen molar-refractivity contribution in [2.75, 3.05) is 0 Å². The summed E-state index contributed by atoms with van der Waals surface area (Å²) < 4.78 is 0.623. The Morgan fingerprint density at radius 1 is 1.33 bits per heavy atom. The molecule has 0 bridgehead atoms. The summed E-state index contributed by atoms with van der Waals surface area (Å²) in [5.41, 5.74) is 0. The molecule has 9 heavy (non-hydrogen) atoms. The molecule has 1 radical (unpaired) electrons. The molecule has 2 N–H and O–H groups in total. The fourth-order valence-electron chi connectivity index (χ4n) is 0.450. The van der Waals surface area contributed by atoms with Crippen LogP contribution in [0, 0.1) is 6.07 Å². The molecule has 0 heterocycles. The van der Waals surface area contributed by atoms with Gasteiger partial charge in [0.2, 0.25) is 0 Å². The van der Waals surface area contributed by atoms with Crippen LogP contribution in [0.1, 0.15) is 0 Å². The molecule has 0 aliphatic rings. The van der Waals surface area contributed by atoms with Gasteiger partial charge in [-0.25, -0.2) is 0 Å². The van der Waals surface area contributed by atoms with E-state index in [1.807, 2.05) is 0 Å². The van der Waals surface area contributed by atoms with Crippen molar-refractivity contribution in [1.29, 1.82) is 0 Å². The highest BCUT2D eigenvalue weighted by Gasteiger charge is 1.96. The quantitative estimate of drug-likeness (QED) is 0.607. The predicted octanol–water partition coefficient (Wildman–Crippen LogP) is 1.66. The Bertz CT molecular complexity index is 222. The van der Waals surface area contributed by atoms with Gasteiger partial charge in [-0.1, -0.05) is 15.9 Å². The number of phenolic OH excluding ortho intramolecular Hbond substituents is 2. The maximum atomic E-state index is 8.76. The summed E-state index contributed by atoms with van der Waals surface area (Å²) >= 11 is 3.07. The predicted molar refractivity (Wildman–Crippen MR) is 36.3 cm³/mol.